The van der Waals surface area contributed by atoms with Gasteiger partial charge in [-0.25, -0.2) is 22.0 Å². The van der Waals surface area contributed by atoms with Gasteiger partial charge in [-0.15, -0.1) is 0 Å². The third-order valence-electron chi connectivity index (χ3n) is 5.87. The predicted molar refractivity (Wildman–Crippen MR) is 134 cm³/mol. The second kappa shape index (κ2) is 11.0. The molecule has 0 aromatic heterocycles. The average Bonchev–Trinajstić information content (AvgIpc) is 2.83. The van der Waals surface area contributed by atoms with Crippen LogP contribution in [0.2, 0.25) is 5.02 Å². The fourth-order valence-corrected chi connectivity index (χ4v) is 5.41. The van der Waals surface area contributed by atoms with Crippen LogP contribution in [-0.4, -0.2) is 40.8 Å². The monoisotopic (exact) mass is 551 g/mol. The lowest BCUT2D eigenvalue weighted by Crippen LogP contribution is -2.43. The van der Waals surface area contributed by atoms with Gasteiger partial charge in [0.15, 0.2) is 0 Å². The summed E-state index contributed by atoms with van der Waals surface area (Å²) in [6.45, 7) is 2.12. The van der Waals surface area contributed by atoms with E-state index in [9.17, 15) is 22.0 Å². The maximum atomic E-state index is 14.0. The van der Waals surface area contributed by atoms with Crippen molar-refractivity contribution in [2.45, 2.75) is 31.0 Å². The number of nitrogens with zero attached hydrogens (tertiary/aromatic N) is 1. The number of carbonyl (C=O) groups is 1. The van der Waals surface area contributed by atoms with Crippen molar-refractivity contribution in [1.82, 2.24) is 0 Å². The molecule has 1 unspecified atom stereocenters. The van der Waals surface area contributed by atoms with Crippen molar-refractivity contribution in [1.29, 1.82) is 0 Å². The van der Waals surface area contributed by atoms with Crippen molar-refractivity contribution >= 4 is 33.3 Å². The summed E-state index contributed by atoms with van der Waals surface area (Å²) in [6, 6.07) is 11.7. The molecule has 1 atom stereocenters. The van der Waals surface area contributed by atoms with Crippen molar-refractivity contribution < 1.29 is 36.2 Å². The summed E-state index contributed by atoms with van der Waals surface area (Å²) in [5.74, 6) is -2.37. The van der Waals surface area contributed by atoms with Gasteiger partial charge in [-0.3, -0.25) is 4.31 Å². The van der Waals surface area contributed by atoms with Crippen LogP contribution in [0.3, 0.4) is 0 Å². The Morgan fingerprint density at radius 1 is 1.11 bits per heavy atom. The van der Waals surface area contributed by atoms with Crippen LogP contribution in [-0.2, 0) is 26.1 Å². The van der Waals surface area contributed by atoms with E-state index in [1.54, 1.807) is 37.3 Å². The van der Waals surface area contributed by atoms with E-state index in [1.807, 2.05) is 0 Å². The van der Waals surface area contributed by atoms with Gasteiger partial charge in [-0.1, -0.05) is 23.7 Å². The van der Waals surface area contributed by atoms with Crippen LogP contribution < -0.4 is 9.04 Å². The van der Waals surface area contributed by atoms with Gasteiger partial charge >= 0.3 is 5.97 Å². The Labute approximate surface area is 218 Å². The molecule has 1 fully saturated rings. The molecular formula is C26H24ClF2NO6S. The van der Waals surface area contributed by atoms with E-state index >= 15 is 0 Å². The van der Waals surface area contributed by atoms with Gasteiger partial charge in [-0.05, 0) is 54.8 Å². The minimum atomic E-state index is -4.42. The molecule has 37 heavy (non-hydrogen) atoms. The van der Waals surface area contributed by atoms with E-state index in [0.717, 1.165) is 16.4 Å². The zero-order valence-electron chi connectivity index (χ0n) is 20.0. The molecule has 1 saturated heterocycles. The number of ether oxygens (including phenoxy) is 3. The van der Waals surface area contributed by atoms with Crippen molar-refractivity contribution in [2.24, 2.45) is 0 Å². The molecule has 0 amide bonds. The van der Waals surface area contributed by atoms with Gasteiger partial charge < -0.3 is 14.2 Å². The summed E-state index contributed by atoms with van der Waals surface area (Å²) in [4.78, 5) is 11.1. The number of benzene rings is 3. The average molecular weight is 552 g/mol. The maximum Gasteiger partial charge on any atom is 0.337 e. The molecule has 1 aliphatic rings. The van der Waals surface area contributed by atoms with Gasteiger partial charge in [0, 0.05) is 23.8 Å². The highest BCUT2D eigenvalue weighted by atomic mass is 35.5. The predicted octanol–water partition coefficient (Wildman–Crippen LogP) is 5.28. The maximum absolute atomic E-state index is 14.0. The smallest absolute Gasteiger partial charge is 0.337 e. The van der Waals surface area contributed by atoms with Crippen LogP contribution in [0.15, 0.2) is 59.5 Å². The molecule has 4 rings (SSSR count). The fourth-order valence-electron chi connectivity index (χ4n) is 3.72. The van der Waals surface area contributed by atoms with Gasteiger partial charge in [0.25, 0.3) is 10.0 Å². The first-order valence-electron chi connectivity index (χ1n) is 11.3. The summed E-state index contributed by atoms with van der Waals surface area (Å²) in [7, 11) is -3.14. The van der Waals surface area contributed by atoms with Crippen LogP contribution in [0.4, 0.5) is 14.5 Å². The first kappa shape index (κ1) is 26.8. The number of hydrogen-bond acceptors (Lipinski definition) is 6. The Morgan fingerprint density at radius 2 is 1.76 bits per heavy atom. The zero-order valence-corrected chi connectivity index (χ0v) is 21.6. The molecular weight excluding hydrogens is 528 g/mol. The van der Waals surface area contributed by atoms with Crippen molar-refractivity contribution in [3.8, 4) is 5.75 Å². The summed E-state index contributed by atoms with van der Waals surface area (Å²) in [6.07, 6.45) is 0.224. The van der Waals surface area contributed by atoms with Gasteiger partial charge in [-0.2, -0.15) is 0 Å². The standard InChI is InChI=1S/C26H24ClF2NO6S/c1-16-9-24(25(13-23(16)27)36-15-17-3-5-18(6-4-17)26(31)34-2)30(14-21-7-8-35-21)37(32,33)22-11-19(28)10-20(29)12-22/h3-6,9-13,21H,7-8,14-15H2,1-2H3. The Balaban J connectivity index is 1.72. The van der Waals surface area contributed by atoms with Crippen LogP contribution in [0.1, 0.15) is 27.9 Å². The van der Waals surface area contributed by atoms with Crippen molar-refractivity contribution in [3.63, 3.8) is 0 Å². The molecule has 0 radical (unpaired) electrons. The normalized spacial score (nSPS) is 15.1. The van der Waals surface area contributed by atoms with E-state index in [4.69, 9.17) is 25.8 Å². The topological polar surface area (TPSA) is 82.1 Å². The summed E-state index contributed by atoms with van der Waals surface area (Å²) in [5, 5.41) is 0.342. The molecule has 1 aliphatic heterocycles. The number of rotatable bonds is 9. The number of sulfonamides is 1. The number of halogens is 3. The molecule has 0 spiro atoms. The van der Waals surface area contributed by atoms with Crippen LogP contribution >= 0.6 is 11.6 Å². The Kier molecular flexibility index (Phi) is 8.01. The molecule has 11 heteroatoms. The van der Waals surface area contributed by atoms with E-state index in [0.29, 0.717) is 40.8 Å². The summed E-state index contributed by atoms with van der Waals surface area (Å²) < 4.78 is 72.4. The number of hydrogen-bond donors (Lipinski definition) is 0. The van der Waals surface area contributed by atoms with Crippen molar-refractivity contribution in [2.75, 3.05) is 24.6 Å². The van der Waals surface area contributed by atoms with Gasteiger partial charge in [0.1, 0.15) is 24.0 Å². The first-order chi connectivity index (χ1) is 17.6. The Morgan fingerprint density at radius 3 is 2.32 bits per heavy atom. The molecule has 3 aromatic rings. The second-order valence-electron chi connectivity index (χ2n) is 8.47. The largest absolute Gasteiger partial charge is 0.487 e. The lowest BCUT2D eigenvalue weighted by Gasteiger charge is -2.34. The summed E-state index contributed by atoms with van der Waals surface area (Å²) >= 11 is 6.34. The summed E-state index contributed by atoms with van der Waals surface area (Å²) in [5.41, 5.74) is 1.78. The number of esters is 1. The van der Waals surface area contributed by atoms with E-state index in [-0.39, 0.29) is 24.6 Å². The third-order valence-corrected chi connectivity index (χ3v) is 8.03. The highest BCUT2D eigenvalue weighted by Gasteiger charge is 2.33. The fraction of sp³-hybridized carbons (Fsp3) is 0.269. The molecule has 1 heterocycles. The first-order valence-corrected chi connectivity index (χ1v) is 13.1. The van der Waals surface area contributed by atoms with Crippen LogP contribution in [0.5, 0.6) is 5.75 Å². The van der Waals surface area contributed by atoms with Crippen LogP contribution in [0.25, 0.3) is 0 Å². The lowest BCUT2D eigenvalue weighted by molar-refractivity contribution is -0.0428. The highest BCUT2D eigenvalue weighted by molar-refractivity contribution is 7.92. The Hall–Kier alpha value is -3.21. The SMILES string of the molecule is COC(=O)c1ccc(COc2cc(Cl)c(C)cc2N(CC2CCO2)S(=O)(=O)c2cc(F)cc(F)c2)cc1. The number of aryl methyl sites for hydroxylation is 1. The minimum absolute atomic E-state index is 0.0241. The number of methoxy groups -OCH3 is 1. The highest BCUT2D eigenvalue weighted by Crippen LogP contribution is 2.38. The molecule has 0 aliphatic carbocycles. The quantitative estimate of drug-likeness (QED) is 0.337. The van der Waals surface area contributed by atoms with E-state index in [2.05, 4.69) is 0 Å². The Bertz CT molecular complexity index is 1390. The lowest BCUT2D eigenvalue weighted by atomic mass is 10.1. The molecule has 0 N–H and O–H groups in total. The minimum Gasteiger partial charge on any atom is -0.487 e. The van der Waals surface area contributed by atoms with Crippen LogP contribution in [0, 0.1) is 18.6 Å². The molecule has 7 nitrogen and oxygen atoms in total. The second-order valence-corrected chi connectivity index (χ2v) is 10.7. The van der Waals surface area contributed by atoms with Gasteiger partial charge in [0.05, 0.1) is 35.9 Å². The van der Waals surface area contributed by atoms with Gasteiger partial charge in [0.2, 0.25) is 0 Å². The third kappa shape index (κ3) is 6.03. The zero-order chi connectivity index (χ0) is 26.7. The molecule has 3 aromatic carbocycles. The van der Waals surface area contributed by atoms with E-state index < -0.39 is 38.6 Å². The molecule has 0 saturated carbocycles. The molecule has 196 valence electrons. The number of anilines is 1. The molecule has 0 bridgehead atoms. The van der Waals surface area contributed by atoms with E-state index in [1.165, 1.54) is 13.2 Å². The van der Waals surface area contributed by atoms with Crippen molar-refractivity contribution in [3.05, 3.63) is 87.9 Å². The number of carbonyl (C=O) groups excluding carboxylic acids is 1.